The van der Waals surface area contributed by atoms with Crippen LogP contribution in [0.5, 0.6) is 0 Å². The summed E-state index contributed by atoms with van der Waals surface area (Å²) in [7, 11) is 0. The van der Waals surface area contributed by atoms with Crippen LogP contribution >= 0.6 is 27.3 Å². The van der Waals surface area contributed by atoms with Crippen molar-refractivity contribution in [3.63, 3.8) is 0 Å². The number of carbonyl (C=O) groups is 1. The smallest absolute Gasteiger partial charge is 0.252 e. The zero-order valence-electron chi connectivity index (χ0n) is 9.21. The number of thiophene rings is 1. The Morgan fingerprint density at radius 3 is 2.67 bits per heavy atom. The van der Waals surface area contributed by atoms with Crippen molar-refractivity contribution in [1.29, 1.82) is 0 Å². The average molecular weight is 290 g/mol. The van der Waals surface area contributed by atoms with Crippen LogP contribution in [0.25, 0.3) is 0 Å². The Balaban J connectivity index is 2.49. The third kappa shape index (κ3) is 4.34. The third-order valence-electron chi connectivity index (χ3n) is 2.03. The van der Waals surface area contributed by atoms with Crippen molar-refractivity contribution in [2.45, 2.75) is 33.2 Å². The molecule has 4 heteroatoms. The molecule has 1 unspecified atom stereocenters. The third-order valence-corrected chi connectivity index (χ3v) is 3.54. The van der Waals surface area contributed by atoms with Crippen molar-refractivity contribution in [3.8, 4) is 0 Å². The number of nitrogens with one attached hydrogen (secondary N) is 1. The number of rotatable bonds is 4. The molecule has 84 valence electrons. The Kier molecular flexibility index (Phi) is 4.80. The van der Waals surface area contributed by atoms with E-state index in [9.17, 15) is 4.79 Å². The zero-order valence-corrected chi connectivity index (χ0v) is 11.6. The maximum atomic E-state index is 11.7. The van der Waals surface area contributed by atoms with Gasteiger partial charge < -0.3 is 5.32 Å². The lowest BCUT2D eigenvalue weighted by Crippen LogP contribution is -2.33. The summed E-state index contributed by atoms with van der Waals surface area (Å²) in [6, 6.07) is 2.08. The van der Waals surface area contributed by atoms with E-state index in [0.29, 0.717) is 5.92 Å². The number of halogens is 1. The summed E-state index contributed by atoms with van der Waals surface area (Å²) in [5.41, 5.74) is 0.738. The Morgan fingerprint density at radius 2 is 2.20 bits per heavy atom. The molecular weight excluding hydrogens is 274 g/mol. The van der Waals surface area contributed by atoms with Crippen LogP contribution < -0.4 is 5.32 Å². The topological polar surface area (TPSA) is 29.1 Å². The molecule has 1 amide bonds. The van der Waals surface area contributed by atoms with Gasteiger partial charge in [-0.3, -0.25) is 4.79 Å². The van der Waals surface area contributed by atoms with Gasteiger partial charge in [-0.05, 0) is 41.3 Å². The van der Waals surface area contributed by atoms with Gasteiger partial charge in [-0.2, -0.15) is 0 Å². The first-order valence-corrected chi connectivity index (χ1v) is 6.71. The van der Waals surface area contributed by atoms with Gasteiger partial charge in [0.15, 0.2) is 0 Å². The lowest BCUT2D eigenvalue weighted by molar-refractivity contribution is 0.0936. The highest BCUT2D eigenvalue weighted by atomic mass is 79.9. The fourth-order valence-electron chi connectivity index (χ4n) is 1.50. The van der Waals surface area contributed by atoms with Gasteiger partial charge >= 0.3 is 0 Å². The zero-order chi connectivity index (χ0) is 11.4. The second-order valence-electron chi connectivity index (χ2n) is 4.14. The fraction of sp³-hybridized carbons (Fsp3) is 0.545. The van der Waals surface area contributed by atoms with Crippen LogP contribution in [-0.4, -0.2) is 11.9 Å². The molecule has 0 aliphatic carbocycles. The maximum Gasteiger partial charge on any atom is 0.252 e. The molecule has 0 aromatic carbocycles. The first-order valence-electron chi connectivity index (χ1n) is 5.04. The molecule has 1 atom stereocenters. The van der Waals surface area contributed by atoms with E-state index in [1.54, 1.807) is 0 Å². The van der Waals surface area contributed by atoms with E-state index >= 15 is 0 Å². The summed E-state index contributed by atoms with van der Waals surface area (Å²) < 4.78 is 0.990. The van der Waals surface area contributed by atoms with Crippen LogP contribution in [0.1, 0.15) is 37.6 Å². The molecule has 2 nitrogen and oxygen atoms in total. The Hall–Kier alpha value is -0.350. The molecule has 0 aliphatic heterocycles. The van der Waals surface area contributed by atoms with E-state index in [-0.39, 0.29) is 11.9 Å². The molecule has 1 aromatic heterocycles. The highest BCUT2D eigenvalue weighted by Crippen LogP contribution is 2.20. The first kappa shape index (κ1) is 12.7. The molecule has 1 rings (SSSR count). The van der Waals surface area contributed by atoms with Gasteiger partial charge in [-0.25, -0.2) is 0 Å². The molecule has 0 saturated carbocycles. The lowest BCUT2D eigenvalue weighted by Gasteiger charge is -2.15. The molecule has 0 fully saturated rings. The summed E-state index contributed by atoms with van der Waals surface area (Å²) in [6.07, 6.45) is 1.01. The normalized spacial score (nSPS) is 12.9. The molecule has 15 heavy (non-hydrogen) atoms. The second-order valence-corrected chi connectivity index (χ2v) is 6.43. The SMILES string of the molecule is CC(C)CC(C)NC(=O)c1csc(Br)c1. The number of carbonyl (C=O) groups excluding carboxylic acids is 1. The molecule has 1 aromatic rings. The number of amides is 1. The summed E-state index contributed by atoms with van der Waals surface area (Å²) in [4.78, 5) is 11.7. The predicted molar refractivity (Wildman–Crippen MR) is 68.4 cm³/mol. The van der Waals surface area contributed by atoms with E-state index < -0.39 is 0 Å². The van der Waals surface area contributed by atoms with Crippen molar-refractivity contribution in [2.24, 2.45) is 5.92 Å². The van der Waals surface area contributed by atoms with E-state index in [1.807, 2.05) is 18.4 Å². The second kappa shape index (κ2) is 5.66. The van der Waals surface area contributed by atoms with Crippen molar-refractivity contribution in [1.82, 2.24) is 5.32 Å². The van der Waals surface area contributed by atoms with E-state index in [0.717, 1.165) is 15.8 Å². The molecule has 0 bridgehead atoms. The van der Waals surface area contributed by atoms with Gasteiger partial charge in [-0.15, -0.1) is 11.3 Å². The van der Waals surface area contributed by atoms with Crippen LogP contribution in [0, 0.1) is 5.92 Å². The molecule has 0 aliphatic rings. The Labute approximate surface area is 103 Å². The minimum atomic E-state index is 0.0186. The van der Waals surface area contributed by atoms with Crippen LogP contribution in [0.2, 0.25) is 0 Å². The van der Waals surface area contributed by atoms with Gasteiger partial charge in [0.2, 0.25) is 0 Å². The van der Waals surface area contributed by atoms with Crippen molar-refractivity contribution >= 4 is 33.2 Å². The minimum absolute atomic E-state index is 0.0186. The summed E-state index contributed by atoms with van der Waals surface area (Å²) in [5.74, 6) is 0.625. The summed E-state index contributed by atoms with van der Waals surface area (Å²) >= 11 is 4.88. The van der Waals surface area contributed by atoms with E-state index in [2.05, 4.69) is 35.1 Å². The van der Waals surface area contributed by atoms with Gasteiger partial charge in [0.25, 0.3) is 5.91 Å². The highest BCUT2D eigenvalue weighted by Gasteiger charge is 2.11. The van der Waals surface area contributed by atoms with Crippen molar-refractivity contribution in [2.75, 3.05) is 0 Å². The Bertz CT molecular complexity index is 335. The fourth-order valence-corrected chi connectivity index (χ4v) is 2.64. The predicted octanol–water partition coefficient (Wildman–Crippen LogP) is 3.68. The molecule has 0 spiro atoms. The van der Waals surface area contributed by atoms with E-state index in [1.165, 1.54) is 11.3 Å². The molecule has 0 saturated heterocycles. The van der Waals surface area contributed by atoms with Crippen molar-refractivity contribution in [3.05, 3.63) is 20.8 Å². The van der Waals surface area contributed by atoms with Gasteiger partial charge in [-0.1, -0.05) is 13.8 Å². The van der Waals surface area contributed by atoms with Crippen LogP contribution in [0.4, 0.5) is 0 Å². The average Bonchev–Trinajstić information content (AvgIpc) is 2.49. The van der Waals surface area contributed by atoms with Gasteiger partial charge in [0.05, 0.1) is 9.35 Å². The molecule has 0 radical (unpaired) electrons. The maximum absolute atomic E-state index is 11.7. The number of hydrogen-bond donors (Lipinski definition) is 1. The van der Waals surface area contributed by atoms with E-state index in [4.69, 9.17) is 0 Å². The Morgan fingerprint density at radius 1 is 1.53 bits per heavy atom. The molecule has 1 N–H and O–H groups in total. The lowest BCUT2D eigenvalue weighted by atomic mass is 10.1. The van der Waals surface area contributed by atoms with Gasteiger partial charge in [0, 0.05) is 11.4 Å². The summed E-state index contributed by atoms with van der Waals surface area (Å²) in [5, 5.41) is 4.85. The molecule has 1 heterocycles. The minimum Gasteiger partial charge on any atom is -0.350 e. The highest BCUT2D eigenvalue weighted by molar-refractivity contribution is 9.11. The van der Waals surface area contributed by atoms with Crippen LogP contribution in [0.15, 0.2) is 15.2 Å². The van der Waals surface area contributed by atoms with Crippen LogP contribution in [-0.2, 0) is 0 Å². The number of hydrogen-bond acceptors (Lipinski definition) is 2. The quantitative estimate of drug-likeness (QED) is 0.900. The van der Waals surface area contributed by atoms with Gasteiger partial charge in [0.1, 0.15) is 0 Å². The molecular formula is C11H16BrNOS. The summed E-state index contributed by atoms with van der Waals surface area (Å²) in [6.45, 7) is 6.35. The van der Waals surface area contributed by atoms with Crippen LogP contribution in [0.3, 0.4) is 0 Å². The largest absolute Gasteiger partial charge is 0.350 e. The van der Waals surface area contributed by atoms with Crippen molar-refractivity contribution < 1.29 is 4.79 Å². The monoisotopic (exact) mass is 289 g/mol. The first-order chi connectivity index (χ1) is 6.99. The standard InChI is InChI=1S/C11H16BrNOS/c1-7(2)4-8(3)13-11(14)9-5-10(12)15-6-9/h5-8H,4H2,1-3H3,(H,13,14).